The number of hydrogen-bond acceptors (Lipinski definition) is 1. The molecule has 1 aromatic rings. The van der Waals surface area contributed by atoms with Gasteiger partial charge in [0.05, 0.1) is 6.61 Å². The zero-order valence-electron chi connectivity index (χ0n) is 5.91. The molecule has 0 amide bonds. The van der Waals surface area contributed by atoms with E-state index >= 15 is 0 Å². The molecule has 0 bridgehead atoms. The summed E-state index contributed by atoms with van der Waals surface area (Å²) in [5, 5.41) is 12.7. The molecule has 0 fully saturated rings. The first-order valence-corrected chi connectivity index (χ1v) is 3.16. The van der Waals surface area contributed by atoms with Crippen molar-refractivity contribution in [1.29, 1.82) is 0 Å². The van der Waals surface area contributed by atoms with Gasteiger partial charge in [-0.2, -0.15) is 0 Å². The standard InChI is InChI=1S/C8H10NO/c1-9-8-4-2-3-7(5-8)6-10/h2-5,10H,6H2,1H3/q-1. The Morgan fingerprint density at radius 2 is 2.30 bits per heavy atom. The fourth-order valence-electron chi connectivity index (χ4n) is 0.794. The third kappa shape index (κ3) is 1.48. The van der Waals surface area contributed by atoms with E-state index < -0.39 is 0 Å². The quantitative estimate of drug-likeness (QED) is 0.661. The Morgan fingerprint density at radius 1 is 1.50 bits per heavy atom. The van der Waals surface area contributed by atoms with Crippen molar-refractivity contribution in [1.82, 2.24) is 0 Å². The van der Waals surface area contributed by atoms with Crippen LogP contribution in [0.15, 0.2) is 24.3 Å². The van der Waals surface area contributed by atoms with E-state index in [1.165, 1.54) is 0 Å². The van der Waals surface area contributed by atoms with Gasteiger partial charge in [0.1, 0.15) is 0 Å². The van der Waals surface area contributed by atoms with Crippen molar-refractivity contribution in [3.63, 3.8) is 0 Å². The number of hydrogen-bond donors (Lipinski definition) is 1. The van der Waals surface area contributed by atoms with Crippen molar-refractivity contribution < 1.29 is 5.11 Å². The van der Waals surface area contributed by atoms with Gasteiger partial charge in [0.25, 0.3) is 0 Å². The Balaban J connectivity index is 2.87. The SMILES string of the molecule is C[N-]c1cccc(CO)c1. The van der Waals surface area contributed by atoms with E-state index in [0.29, 0.717) is 0 Å². The normalized spacial score (nSPS) is 9.40. The first kappa shape index (κ1) is 7.09. The van der Waals surface area contributed by atoms with Crippen LogP contribution < -0.4 is 0 Å². The highest BCUT2D eigenvalue weighted by Gasteiger charge is 1.84. The molecule has 0 radical (unpaired) electrons. The molecule has 54 valence electrons. The molecular formula is C8H10NO-. The monoisotopic (exact) mass is 136 g/mol. The lowest BCUT2D eigenvalue weighted by Crippen LogP contribution is -1.80. The molecule has 0 unspecified atom stereocenters. The van der Waals surface area contributed by atoms with Gasteiger partial charge in [0.2, 0.25) is 0 Å². The van der Waals surface area contributed by atoms with Gasteiger partial charge in [-0.3, -0.25) is 0 Å². The molecule has 0 heterocycles. The van der Waals surface area contributed by atoms with Crippen molar-refractivity contribution in [2.75, 3.05) is 7.05 Å². The third-order valence-electron chi connectivity index (χ3n) is 1.35. The van der Waals surface area contributed by atoms with E-state index in [4.69, 9.17) is 5.11 Å². The third-order valence-corrected chi connectivity index (χ3v) is 1.35. The Kier molecular flexibility index (Phi) is 2.29. The molecule has 0 aliphatic rings. The molecule has 1 aromatic carbocycles. The summed E-state index contributed by atoms with van der Waals surface area (Å²) in [7, 11) is 1.73. The highest BCUT2D eigenvalue weighted by atomic mass is 16.3. The van der Waals surface area contributed by atoms with Crippen LogP contribution in [0.2, 0.25) is 0 Å². The van der Waals surface area contributed by atoms with E-state index in [0.717, 1.165) is 11.3 Å². The molecule has 0 saturated heterocycles. The molecule has 0 aliphatic carbocycles. The zero-order chi connectivity index (χ0) is 7.40. The van der Waals surface area contributed by atoms with Crippen LogP contribution in [0, 0.1) is 0 Å². The second-order valence-corrected chi connectivity index (χ2v) is 2.05. The maximum absolute atomic E-state index is 8.72. The summed E-state index contributed by atoms with van der Waals surface area (Å²) in [4.78, 5) is 0. The summed E-state index contributed by atoms with van der Waals surface area (Å²) >= 11 is 0. The highest BCUT2D eigenvalue weighted by molar-refractivity contribution is 5.49. The average molecular weight is 136 g/mol. The highest BCUT2D eigenvalue weighted by Crippen LogP contribution is 2.16. The first-order valence-electron chi connectivity index (χ1n) is 3.16. The van der Waals surface area contributed by atoms with Gasteiger partial charge >= 0.3 is 0 Å². The lowest BCUT2D eigenvalue weighted by molar-refractivity contribution is 0.282. The topological polar surface area (TPSA) is 34.3 Å². The minimum absolute atomic E-state index is 0.0867. The Hall–Kier alpha value is -1.02. The predicted octanol–water partition coefficient (Wildman–Crippen LogP) is 1.81. The molecule has 1 rings (SSSR count). The van der Waals surface area contributed by atoms with Crippen LogP contribution in [-0.2, 0) is 6.61 Å². The molecule has 0 aromatic heterocycles. The summed E-state index contributed by atoms with van der Waals surface area (Å²) in [6.07, 6.45) is 0. The minimum atomic E-state index is 0.0867. The molecular weight excluding hydrogens is 126 g/mol. The van der Waals surface area contributed by atoms with Crippen molar-refractivity contribution in [3.05, 3.63) is 35.1 Å². The summed E-state index contributed by atoms with van der Waals surface area (Å²) in [6, 6.07) is 7.52. The van der Waals surface area contributed by atoms with Crippen LogP contribution in [0.4, 0.5) is 5.69 Å². The summed E-state index contributed by atoms with van der Waals surface area (Å²) in [6.45, 7) is 0.0867. The van der Waals surface area contributed by atoms with Crippen molar-refractivity contribution in [2.24, 2.45) is 0 Å². The molecule has 0 atom stereocenters. The van der Waals surface area contributed by atoms with Crippen LogP contribution >= 0.6 is 0 Å². The average Bonchev–Trinajstić information content (AvgIpc) is 2.05. The van der Waals surface area contributed by atoms with E-state index in [-0.39, 0.29) is 6.61 Å². The van der Waals surface area contributed by atoms with Crippen LogP contribution in [0.1, 0.15) is 5.56 Å². The molecule has 2 nitrogen and oxygen atoms in total. The van der Waals surface area contributed by atoms with E-state index in [1.54, 1.807) is 7.05 Å². The van der Waals surface area contributed by atoms with Crippen molar-refractivity contribution in [3.8, 4) is 0 Å². The second-order valence-electron chi connectivity index (χ2n) is 2.05. The fraction of sp³-hybridized carbons (Fsp3) is 0.250. The lowest BCUT2D eigenvalue weighted by Gasteiger charge is -2.13. The maximum atomic E-state index is 8.72. The van der Waals surface area contributed by atoms with E-state index in [2.05, 4.69) is 5.32 Å². The van der Waals surface area contributed by atoms with Gasteiger partial charge in [0.15, 0.2) is 0 Å². The number of aliphatic hydroxyl groups excluding tert-OH is 1. The molecule has 10 heavy (non-hydrogen) atoms. The molecule has 0 aliphatic heterocycles. The van der Waals surface area contributed by atoms with Gasteiger partial charge < -0.3 is 10.4 Å². The summed E-state index contributed by atoms with van der Waals surface area (Å²) in [5.74, 6) is 0. The van der Waals surface area contributed by atoms with Crippen LogP contribution in [0.5, 0.6) is 0 Å². The first-order chi connectivity index (χ1) is 4.86. The largest absolute Gasteiger partial charge is 0.687 e. The lowest BCUT2D eigenvalue weighted by atomic mass is 10.2. The zero-order valence-corrected chi connectivity index (χ0v) is 5.91. The van der Waals surface area contributed by atoms with Crippen LogP contribution in [0.25, 0.3) is 5.32 Å². The van der Waals surface area contributed by atoms with Gasteiger partial charge in [0, 0.05) is 0 Å². The molecule has 0 saturated carbocycles. The van der Waals surface area contributed by atoms with Crippen LogP contribution in [0.3, 0.4) is 0 Å². The smallest absolute Gasteiger partial charge is 0.0681 e. The molecule has 1 N–H and O–H groups in total. The number of rotatable bonds is 2. The second kappa shape index (κ2) is 3.22. The van der Waals surface area contributed by atoms with Gasteiger partial charge in [-0.15, -0.1) is 12.7 Å². The Morgan fingerprint density at radius 3 is 2.90 bits per heavy atom. The maximum Gasteiger partial charge on any atom is 0.0681 e. The van der Waals surface area contributed by atoms with Crippen LogP contribution in [-0.4, -0.2) is 12.2 Å². The van der Waals surface area contributed by atoms with Crippen molar-refractivity contribution >= 4 is 5.69 Å². The summed E-state index contributed by atoms with van der Waals surface area (Å²) in [5.41, 5.74) is 1.81. The van der Waals surface area contributed by atoms with Gasteiger partial charge in [-0.1, -0.05) is 24.3 Å². The Bertz CT molecular complexity index is 191. The molecule has 2 heteroatoms. The fourth-order valence-corrected chi connectivity index (χ4v) is 0.794. The van der Waals surface area contributed by atoms with Gasteiger partial charge in [-0.25, -0.2) is 0 Å². The van der Waals surface area contributed by atoms with Crippen molar-refractivity contribution in [2.45, 2.75) is 6.61 Å². The van der Waals surface area contributed by atoms with E-state index in [9.17, 15) is 0 Å². The summed E-state index contributed by atoms with van der Waals surface area (Å²) < 4.78 is 0. The van der Waals surface area contributed by atoms with E-state index in [1.807, 2.05) is 24.3 Å². The minimum Gasteiger partial charge on any atom is -0.687 e. The Labute approximate surface area is 60.5 Å². The van der Waals surface area contributed by atoms with Gasteiger partial charge in [-0.05, 0) is 5.56 Å². The number of benzene rings is 1. The molecule has 0 spiro atoms. The number of aliphatic hydroxyl groups is 1. The predicted molar refractivity (Wildman–Crippen MR) is 41.3 cm³/mol. The number of nitrogens with zero attached hydrogens (tertiary/aromatic N) is 1.